The molecule has 0 saturated heterocycles. The predicted octanol–water partition coefficient (Wildman–Crippen LogP) is 3.30. The standard InChI is InChI=1S/C17H22N2O2/c1-13(2)8-9-16-17(21)18-10-15(20)12-19(16)11-14-6-4-3-5-7-14/h3-7,10,12-13,16,20H,8-9,11H2,1-2H3/t16-/m1/s1. The fourth-order valence-electron chi connectivity index (χ4n) is 2.38. The lowest BCUT2D eigenvalue weighted by Gasteiger charge is -2.28. The van der Waals surface area contributed by atoms with Gasteiger partial charge in [-0.05, 0) is 24.3 Å². The fraction of sp³-hybridized carbons (Fsp3) is 0.412. The van der Waals surface area contributed by atoms with E-state index in [4.69, 9.17) is 0 Å². The Morgan fingerprint density at radius 3 is 2.67 bits per heavy atom. The Labute approximate surface area is 125 Å². The normalized spacial score (nSPS) is 18.8. The van der Waals surface area contributed by atoms with Crippen LogP contribution in [0.5, 0.6) is 0 Å². The number of nitrogens with zero attached hydrogens (tertiary/aromatic N) is 2. The van der Waals surface area contributed by atoms with Gasteiger partial charge in [-0.15, -0.1) is 0 Å². The van der Waals surface area contributed by atoms with E-state index >= 15 is 0 Å². The van der Waals surface area contributed by atoms with E-state index in [1.54, 1.807) is 6.20 Å². The molecule has 1 aliphatic rings. The van der Waals surface area contributed by atoms with Gasteiger partial charge < -0.3 is 10.0 Å². The summed E-state index contributed by atoms with van der Waals surface area (Å²) in [6.45, 7) is 4.86. The zero-order valence-corrected chi connectivity index (χ0v) is 12.6. The molecule has 2 rings (SSSR count). The lowest BCUT2D eigenvalue weighted by molar-refractivity contribution is -0.122. The van der Waals surface area contributed by atoms with E-state index in [0.29, 0.717) is 12.5 Å². The third-order valence-corrected chi connectivity index (χ3v) is 3.53. The van der Waals surface area contributed by atoms with Crippen molar-refractivity contribution in [3.63, 3.8) is 0 Å². The van der Waals surface area contributed by atoms with Gasteiger partial charge in [0.05, 0.1) is 6.21 Å². The summed E-state index contributed by atoms with van der Waals surface area (Å²) in [6.07, 6.45) is 4.54. The van der Waals surface area contributed by atoms with Crippen LogP contribution in [0.1, 0.15) is 32.3 Å². The number of aliphatic imine (C=N–C) groups is 1. The van der Waals surface area contributed by atoms with Crippen molar-refractivity contribution in [1.29, 1.82) is 0 Å². The van der Waals surface area contributed by atoms with Crippen LogP contribution >= 0.6 is 0 Å². The molecular weight excluding hydrogens is 264 g/mol. The Hall–Kier alpha value is -2.10. The first kappa shape index (κ1) is 15.3. The SMILES string of the molecule is CC(C)CC[C@@H]1C(=O)N=CC(O)=CN1Cc1ccccc1. The number of rotatable bonds is 5. The molecule has 0 bridgehead atoms. The molecular formula is C17H22N2O2. The molecule has 0 unspecified atom stereocenters. The van der Waals surface area contributed by atoms with Crippen LogP contribution in [0.4, 0.5) is 0 Å². The Bertz CT molecular complexity index is 535. The van der Waals surface area contributed by atoms with E-state index in [0.717, 1.165) is 18.4 Å². The molecule has 4 heteroatoms. The smallest absolute Gasteiger partial charge is 0.268 e. The summed E-state index contributed by atoms with van der Waals surface area (Å²) in [5.74, 6) is 0.361. The van der Waals surface area contributed by atoms with Gasteiger partial charge in [-0.3, -0.25) is 4.79 Å². The molecule has 4 nitrogen and oxygen atoms in total. The van der Waals surface area contributed by atoms with Crippen molar-refractivity contribution in [2.45, 2.75) is 39.3 Å². The Kier molecular flexibility index (Phi) is 5.14. The minimum atomic E-state index is -0.312. The topological polar surface area (TPSA) is 52.9 Å². The van der Waals surface area contributed by atoms with Crippen LogP contribution in [-0.2, 0) is 11.3 Å². The maximum Gasteiger partial charge on any atom is 0.268 e. The summed E-state index contributed by atoms with van der Waals surface area (Å²) in [6, 6.07) is 9.62. The van der Waals surface area contributed by atoms with E-state index < -0.39 is 0 Å². The first-order valence-corrected chi connectivity index (χ1v) is 7.34. The summed E-state index contributed by atoms with van der Waals surface area (Å²) in [5.41, 5.74) is 1.10. The summed E-state index contributed by atoms with van der Waals surface area (Å²) >= 11 is 0. The van der Waals surface area contributed by atoms with Gasteiger partial charge in [0.15, 0.2) is 0 Å². The van der Waals surface area contributed by atoms with Crippen molar-refractivity contribution in [3.05, 3.63) is 47.9 Å². The molecule has 1 aliphatic heterocycles. The van der Waals surface area contributed by atoms with Crippen LogP contribution in [0.15, 0.2) is 47.3 Å². The third kappa shape index (κ3) is 4.45. The fourth-order valence-corrected chi connectivity index (χ4v) is 2.38. The number of aliphatic hydroxyl groups excluding tert-OH is 1. The maximum absolute atomic E-state index is 12.2. The highest BCUT2D eigenvalue weighted by molar-refractivity contribution is 5.94. The van der Waals surface area contributed by atoms with Crippen LogP contribution in [0.25, 0.3) is 0 Å². The van der Waals surface area contributed by atoms with E-state index in [9.17, 15) is 9.90 Å². The van der Waals surface area contributed by atoms with Gasteiger partial charge in [0.2, 0.25) is 0 Å². The minimum absolute atomic E-state index is 0.0197. The van der Waals surface area contributed by atoms with Crippen molar-refractivity contribution < 1.29 is 9.90 Å². The third-order valence-electron chi connectivity index (χ3n) is 3.53. The molecule has 1 heterocycles. The van der Waals surface area contributed by atoms with Crippen LogP contribution < -0.4 is 0 Å². The molecule has 0 aliphatic carbocycles. The van der Waals surface area contributed by atoms with Gasteiger partial charge in [0.1, 0.15) is 11.8 Å². The van der Waals surface area contributed by atoms with Crippen molar-refractivity contribution in [1.82, 2.24) is 4.90 Å². The highest BCUT2D eigenvalue weighted by Crippen LogP contribution is 2.19. The van der Waals surface area contributed by atoms with Gasteiger partial charge >= 0.3 is 0 Å². The zero-order chi connectivity index (χ0) is 15.2. The first-order chi connectivity index (χ1) is 10.1. The number of carbonyl (C=O) groups excluding carboxylic acids is 1. The monoisotopic (exact) mass is 286 g/mol. The largest absolute Gasteiger partial charge is 0.505 e. The second-order valence-corrected chi connectivity index (χ2v) is 5.80. The molecule has 1 atom stereocenters. The zero-order valence-electron chi connectivity index (χ0n) is 12.6. The lowest BCUT2D eigenvalue weighted by atomic mass is 10.0. The molecule has 1 amide bonds. The second-order valence-electron chi connectivity index (χ2n) is 5.80. The highest BCUT2D eigenvalue weighted by atomic mass is 16.3. The molecule has 112 valence electrons. The first-order valence-electron chi connectivity index (χ1n) is 7.34. The Balaban J connectivity index is 2.19. The van der Waals surface area contributed by atoms with Crippen LogP contribution in [0, 0.1) is 5.92 Å². The number of allylic oxidation sites excluding steroid dienone is 1. The van der Waals surface area contributed by atoms with Gasteiger partial charge in [0.25, 0.3) is 5.91 Å². The Morgan fingerprint density at radius 1 is 1.29 bits per heavy atom. The second kappa shape index (κ2) is 7.07. The van der Waals surface area contributed by atoms with Crippen molar-refractivity contribution in [3.8, 4) is 0 Å². The number of carbonyl (C=O) groups is 1. The van der Waals surface area contributed by atoms with Crippen LogP contribution in [-0.4, -0.2) is 28.2 Å². The van der Waals surface area contributed by atoms with Crippen LogP contribution in [0.3, 0.4) is 0 Å². The quantitative estimate of drug-likeness (QED) is 0.903. The molecule has 21 heavy (non-hydrogen) atoms. The predicted molar refractivity (Wildman–Crippen MR) is 84.1 cm³/mol. The average Bonchev–Trinajstić information content (AvgIpc) is 2.58. The number of benzene rings is 1. The number of hydrogen-bond donors (Lipinski definition) is 1. The number of amides is 1. The summed E-state index contributed by atoms with van der Waals surface area (Å²) in [7, 11) is 0. The summed E-state index contributed by atoms with van der Waals surface area (Å²) in [4.78, 5) is 17.9. The average molecular weight is 286 g/mol. The van der Waals surface area contributed by atoms with Crippen molar-refractivity contribution in [2.24, 2.45) is 10.9 Å². The molecule has 0 aromatic heterocycles. The molecule has 1 aromatic rings. The van der Waals surface area contributed by atoms with Crippen molar-refractivity contribution in [2.75, 3.05) is 0 Å². The molecule has 0 radical (unpaired) electrons. The minimum Gasteiger partial charge on any atom is -0.505 e. The van der Waals surface area contributed by atoms with E-state index in [1.807, 2.05) is 35.2 Å². The highest BCUT2D eigenvalue weighted by Gasteiger charge is 2.26. The molecule has 0 saturated carbocycles. The molecule has 0 fully saturated rings. The number of aliphatic hydroxyl groups is 1. The van der Waals surface area contributed by atoms with Gasteiger partial charge in [-0.25, -0.2) is 4.99 Å². The van der Waals surface area contributed by atoms with Gasteiger partial charge in [-0.1, -0.05) is 44.2 Å². The lowest BCUT2D eigenvalue weighted by Crippen LogP contribution is -2.36. The molecule has 1 aromatic carbocycles. The number of hydrogen-bond acceptors (Lipinski definition) is 3. The van der Waals surface area contributed by atoms with Gasteiger partial charge in [0, 0.05) is 12.7 Å². The molecule has 0 spiro atoms. The summed E-state index contributed by atoms with van der Waals surface area (Å²) in [5, 5.41) is 9.77. The van der Waals surface area contributed by atoms with E-state index in [2.05, 4.69) is 18.8 Å². The summed E-state index contributed by atoms with van der Waals surface area (Å²) < 4.78 is 0. The van der Waals surface area contributed by atoms with Gasteiger partial charge in [-0.2, -0.15) is 0 Å². The maximum atomic E-state index is 12.2. The van der Waals surface area contributed by atoms with E-state index in [1.165, 1.54) is 6.21 Å². The molecule has 1 N–H and O–H groups in total. The Morgan fingerprint density at radius 2 is 2.00 bits per heavy atom. The van der Waals surface area contributed by atoms with E-state index in [-0.39, 0.29) is 17.7 Å². The van der Waals surface area contributed by atoms with Crippen molar-refractivity contribution >= 4 is 12.1 Å². The van der Waals surface area contributed by atoms with Crippen LogP contribution in [0.2, 0.25) is 0 Å².